The summed E-state index contributed by atoms with van der Waals surface area (Å²) >= 11 is 13.9. The summed E-state index contributed by atoms with van der Waals surface area (Å²) in [6.45, 7) is 4.67. The zero-order valence-electron chi connectivity index (χ0n) is 21.8. The second-order valence-corrected chi connectivity index (χ2v) is 13.3. The van der Waals surface area contributed by atoms with Gasteiger partial charge in [-0.25, -0.2) is 0 Å². The van der Waals surface area contributed by atoms with Crippen molar-refractivity contribution < 1.29 is 9.59 Å². The highest BCUT2D eigenvalue weighted by atomic mass is 79.9. The van der Waals surface area contributed by atoms with Crippen molar-refractivity contribution in [2.45, 2.75) is 63.8 Å². The second-order valence-electron chi connectivity index (χ2n) is 11.1. The van der Waals surface area contributed by atoms with E-state index in [0.29, 0.717) is 31.3 Å². The maximum absolute atomic E-state index is 13.2. The molecule has 3 aliphatic rings. The Hall–Kier alpha value is -1.48. The van der Waals surface area contributed by atoms with Crippen LogP contribution in [0.2, 0.25) is 5.02 Å². The molecule has 2 aliphatic heterocycles. The Bertz CT molecular complexity index is 1210. The van der Waals surface area contributed by atoms with Crippen LogP contribution in [0.3, 0.4) is 0 Å². The number of piperidine rings is 2. The molecule has 0 bridgehead atoms. The lowest BCUT2D eigenvalue weighted by atomic mass is 9.76. The van der Waals surface area contributed by atoms with E-state index in [4.69, 9.17) is 22.3 Å². The standard InChI is InChI=1S/C29H35Br2ClN4O2/c1-17(33)29(38)36-8-4-18(5-9-36)12-25(37)35-10-6-19(7-11-35)27-26-20(14-23(32)15-24(26)31)2-3-21-13-22(30)16-34-28(21)27/h13-19,27H,2-12,33H2,1H3/t17-,27+/m0/s1. The molecule has 2 N–H and O–H groups in total. The summed E-state index contributed by atoms with van der Waals surface area (Å²) in [5.41, 5.74) is 10.8. The van der Waals surface area contributed by atoms with Crippen LogP contribution < -0.4 is 5.73 Å². The highest BCUT2D eigenvalue weighted by Crippen LogP contribution is 2.46. The normalized spacial score (nSPS) is 21.4. The molecule has 38 heavy (non-hydrogen) atoms. The number of aromatic nitrogens is 1. The van der Waals surface area contributed by atoms with Crippen molar-refractivity contribution in [3.05, 3.63) is 60.7 Å². The van der Waals surface area contributed by atoms with Gasteiger partial charge in [-0.05, 0) is 108 Å². The molecule has 3 heterocycles. The molecule has 2 atom stereocenters. The van der Waals surface area contributed by atoms with Gasteiger partial charge < -0.3 is 15.5 Å². The van der Waals surface area contributed by atoms with Crippen molar-refractivity contribution in [3.8, 4) is 0 Å². The fraction of sp³-hybridized carbons (Fsp3) is 0.552. The summed E-state index contributed by atoms with van der Waals surface area (Å²) in [6, 6.07) is 5.86. The molecule has 1 aromatic heterocycles. The maximum Gasteiger partial charge on any atom is 0.239 e. The third kappa shape index (κ3) is 5.98. The molecule has 2 amide bonds. The minimum atomic E-state index is -0.462. The Balaban J connectivity index is 1.26. The van der Waals surface area contributed by atoms with Crippen molar-refractivity contribution >= 4 is 55.3 Å². The number of nitrogens with zero attached hydrogens (tertiary/aromatic N) is 3. The number of aryl methyl sites for hydroxylation is 2. The van der Waals surface area contributed by atoms with Gasteiger partial charge in [-0.1, -0.05) is 27.5 Å². The molecule has 0 spiro atoms. The summed E-state index contributed by atoms with van der Waals surface area (Å²) in [4.78, 5) is 34.3. The number of halogens is 3. The average Bonchev–Trinajstić information content (AvgIpc) is 3.05. The van der Waals surface area contributed by atoms with Crippen molar-refractivity contribution in [1.82, 2.24) is 14.8 Å². The number of benzene rings is 1. The molecule has 2 fully saturated rings. The van der Waals surface area contributed by atoms with E-state index in [2.05, 4.69) is 48.9 Å². The van der Waals surface area contributed by atoms with Crippen molar-refractivity contribution in [1.29, 1.82) is 0 Å². The van der Waals surface area contributed by atoms with E-state index < -0.39 is 6.04 Å². The Labute approximate surface area is 246 Å². The number of nitrogens with two attached hydrogens (primary N) is 1. The average molecular weight is 667 g/mol. The molecule has 0 saturated carbocycles. The quantitative estimate of drug-likeness (QED) is 0.454. The zero-order valence-corrected chi connectivity index (χ0v) is 25.7. The van der Waals surface area contributed by atoms with Crippen molar-refractivity contribution in [3.63, 3.8) is 0 Å². The Morgan fingerprint density at radius 2 is 1.68 bits per heavy atom. The first-order chi connectivity index (χ1) is 18.2. The molecule has 204 valence electrons. The van der Waals surface area contributed by atoms with Gasteiger partial charge in [0.1, 0.15) is 0 Å². The monoisotopic (exact) mass is 664 g/mol. The van der Waals surface area contributed by atoms with Gasteiger partial charge in [-0.2, -0.15) is 0 Å². The SMILES string of the molecule is C[C@H](N)C(=O)N1CCC(CC(=O)N2CCC([C@H]3c4ncc(Br)cc4CCc4cc(Cl)cc(Br)c43)CC2)CC1. The van der Waals surface area contributed by atoms with Crippen LogP contribution in [-0.4, -0.2) is 58.8 Å². The topological polar surface area (TPSA) is 79.5 Å². The molecule has 2 aromatic rings. The number of carbonyl (C=O) groups is 2. The Morgan fingerprint density at radius 3 is 2.37 bits per heavy atom. The predicted molar refractivity (Wildman–Crippen MR) is 157 cm³/mol. The third-order valence-corrected chi connectivity index (χ3v) is 9.87. The van der Waals surface area contributed by atoms with Crippen molar-refractivity contribution in [2.24, 2.45) is 17.6 Å². The van der Waals surface area contributed by atoms with Crippen LogP contribution in [0.25, 0.3) is 0 Å². The van der Waals surface area contributed by atoms with Crippen LogP contribution in [0.4, 0.5) is 0 Å². The molecule has 6 nitrogen and oxygen atoms in total. The van der Waals surface area contributed by atoms with Crippen LogP contribution in [0.1, 0.15) is 67.3 Å². The van der Waals surface area contributed by atoms with E-state index in [1.54, 1.807) is 6.92 Å². The van der Waals surface area contributed by atoms with Gasteiger partial charge in [0, 0.05) is 58.7 Å². The van der Waals surface area contributed by atoms with E-state index in [1.807, 2.05) is 17.2 Å². The first-order valence-corrected chi connectivity index (χ1v) is 15.6. The lowest BCUT2D eigenvalue weighted by Gasteiger charge is -2.38. The third-order valence-electron chi connectivity index (χ3n) is 8.56. The molecular weight excluding hydrogens is 632 g/mol. The summed E-state index contributed by atoms with van der Waals surface area (Å²) in [5, 5.41) is 0.752. The fourth-order valence-corrected chi connectivity index (χ4v) is 8.03. The smallest absolute Gasteiger partial charge is 0.239 e. The molecule has 1 aromatic carbocycles. The van der Waals surface area contributed by atoms with Gasteiger partial charge in [0.25, 0.3) is 0 Å². The molecule has 1 aliphatic carbocycles. The van der Waals surface area contributed by atoms with Gasteiger partial charge in [-0.3, -0.25) is 14.6 Å². The van der Waals surface area contributed by atoms with Gasteiger partial charge in [0.05, 0.1) is 11.7 Å². The number of fused-ring (bicyclic) bond motifs is 2. The molecular formula is C29H35Br2ClN4O2. The van der Waals surface area contributed by atoms with E-state index in [0.717, 1.165) is 71.3 Å². The Morgan fingerprint density at radius 1 is 1.03 bits per heavy atom. The lowest BCUT2D eigenvalue weighted by molar-refractivity contribution is -0.135. The predicted octanol–water partition coefficient (Wildman–Crippen LogP) is 5.71. The molecule has 5 rings (SSSR count). The number of carbonyl (C=O) groups excluding carboxylic acids is 2. The van der Waals surface area contributed by atoms with Gasteiger partial charge in [0.2, 0.25) is 11.8 Å². The number of hydrogen-bond acceptors (Lipinski definition) is 4. The van der Waals surface area contributed by atoms with E-state index >= 15 is 0 Å². The van der Waals surface area contributed by atoms with Crippen molar-refractivity contribution in [2.75, 3.05) is 26.2 Å². The highest BCUT2D eigenvalue weighted by Gasteiger charge is 2.37. The first kappa shape index (κ1) is 28.1. The lowest BCUT2D eigenvalue weighted by Crippen LogP contribution is -2.46. The maximum atomic E-state index is 13.2. The second kappa shape index (κ2) is 11.9. The van der Waals surface area contributed by atoms with Crippen LogP contribution in [0, 0.1) is 11.8 Å². The van der Waals surface area contributed by atoms with Gasteiger partial charge in [-0.15, -0.1) is 0 Å². The van der Waals surface area contributed by atoms with E-state index in [-0.39, 0.29) is 17.7 Å². The van der Waals surface area contributed by atoms with Gasteiger partial charge in [0.15, 0.2) is 0 Å². The van der Waals surface area contributed by atoms with Gasteiger partial charge >= 0.3 is 0 Å². The molecule has 9 heteroatoms. The van der Waals surface area contributed by atoms with Crippen LogP contribution >= 0.6 is 43.5 Å². The number of hydrogen-bond donors (Lipinski definition) is 1. The number of pyridine rings is 1. The summed E-state index contributed by atoms with van der Waals surface area (Å²) < 4.78 is 2.06. The molecule has 2 saturated heterocycles. The fourth-order valence-electron chi connectivity index (χ4n) is 6.53. The van der Waals surface area contributed by atoms with Crippen LogP contribution in [0.15, 0.2) is 33.3 Å². The number of rotatable bonds is 4. The highest BCUT2D eigenvalue weighted by molar-refractivity contribution is 9.10. The van der Waals surface area contributed by atoms with E-state index in [1.165, 1.54) is 16.7 Å². The van der Waals surface area contributed by atoms with Crippen LogP contribution in [0.5, 0.6) is 0 Å². The first-order valence-electron chi connectivity index (χ1n) is 13.7. The summed E-state index contributed by atoms with van der Waals surface area (Å²) in [7, 11) is 0. The summed E-state index contributed by atoms with van der Waals surface area (Å²) in [6.07, 6.45) is 7.98. The minimum Gasteiger partial charge on any atom is -0.343 e. The number of likely N-dealkylation sites (tertiary alicyclic amines) is 2. The molecule has 0 radical (unpaired) electrons. The summed E-state index contributed by atoms with van der Waals surface area (Å²) in [5.74, 6) is 1.16. The minimum absolute atomic E-state index is 0.00858. The molecule has 0 unspecified atom stereocenters. The zero-order chi connectivity index (χ0) is 27.0. The Kier molecular flexibility index (Phi) is 8.82. The van der Waals surface area contributed by atoms with E-state index in [9.17, 15) is 9.59 Å². The number of amides is 2. The largest absolute Gasteiger partial charge is 0.343 e. The van der Waals surface area contributed by atoms with Crippen LogP contribution in [-0.2, 0) is 22.4 Å².